The van der Waals surface area contributed by atoms with Crippen LogP contribution in [0.4, 0.5) is 8.78 Å². The quantitative estimate of drug-likeness (QED) is 0.736. The van der Waals surface area contributed by atoms with Crippen molar-refractivity contribution < 1.29 is 13.6 Å². The molecule has 3 heteroatoms. The van der Waals surface area contributed by atoms with Gasteiger partial charge in [0.2, 0.25) is 0 Å². The largest absolute Gasteiger partial charge is 0.288 e. The van der Waals surface area contributed by atoms with E-state index in [0.29, 0.717) is 5.56 Å². The van der Waals surface area contributed by atoms with Crippen LogP contribution in [0.15, 0.2) is 36.4 Å². The molecule has 0 saturated carbocycles. The second kappa shape index (κ2) is 4.69. The summed E-state index contributed by atoms with van der Waals surface area (Å²) in [6.07, 6.45) is 0. The normalized spacial score (nSPS) is 10.4. The Balaban J connectivity index is 2.51. The molecule has 18 heavy (non-hydrogen) atoms. The topological polar surface area (TPSA) is 17.1 Å². The lowest BCUT2D eigenvalue weighted by Gasteiger charge is -2.07. The number of hydrogen-bond donors (Lipinski definition) is 0. The molecule has 92 valence electrons. The lowest BCUT2D eigenvalue weighted by molar-refractivity contribution is 0.103. The number of rotatable bonds is 2. The predicted molar refractivity (Wildman–Crippen MR) is 65.7 cm³/mol. The van der Waals surface area contributed by atoms with Crippen LogP contribution in [-0.4, -0.2) is 5.78 Å². The Kier molecular flexibility index (Phi) is 3.24. The Hall–Kier alpha value is -2.03. The molecule has 0 aliphatic rings. The minimum atomic E-state index is -1.09. The molecular formula is C15H12F2O. The minimum absolute atomic E-state index is 0.234. The second-order valence-electron chi connectivity index (χ2n) is 4.25. The maximum atomic E-state index is 13.6. The third kappa shape index (κ3) is 2.16. The summed E-state index contributed by atoms with van der Waals surface area (Å²) in [4.78, 5) is 12.1. The molecule has 0 N–H and O–H groups in total. The van der Waals surface area contributed by atoms with E-state index in [4.69, 9.17) is 0 Å². The summed E-state index contributed by atoms with van der Waals surface area (Å²) in [6, 6.07) is 8.86. The molecule has 0 aromatic heterocycles. The molecule has 0 radical (unpaired) electrons. The molecule has 2 aromatic carbocycles. The van der Waals surface area contributed by atoms with Gasteiger partial charge in [0.1, 0.15) is 0 Å². The molecule has 0 heterocycles. The fraction of sp³-hybridized carbons (Fsp3) is 0.133. The monoisotopic (exact) mass is 246 g/mol. The molecule has 1 nitrogen and oxygen atoms in total. The van der Waals surface area contributed by atoms with Gasteiger partial charge in [-0.1, -0.05) is 29.8 Å². The number of hydrogen-bond acceptors (Lipinski definition) is 1. The first-order valence-corrected chi connectivity index (χ1v) is 5.56. The summed E-state index contributed by atoms with van der Waals surface area (Å²) in [7, 11) is 0. The van der Waals surface area contributed by atoms with E-state index in [2.05, 4.69) is 0 Å². The van der Waals surface area contributed by atoms with E-state index < -0.39 is 17.4 Å². The zero-order chi connectivity index (χ0) is 13.3. The fourth-order valence-corrected chi connectivity index (χ4v) is 1.89. The molecule has 0 atom stereocenters. The van der Waals surface area contributed by atoms with Crippen molar-refractivity contribution in [3.8, 4) is 0 Å². The van der Waals surface area contributed by atoms with Gasteiger partial charge in [-0.25, -0.2) is 8.78 Å². The van der Waals surface area contributed by atoms with E-state index in [-0.39, 0.29) is 5.56 Å². The second-order valence-corrected chi connectivity index (χ2v) is 4.25. The number of ketones is 1. The van der Waals surface area contributed by atoms with E-state index in [9.17, 15) is 13.6 Å². The van der Waals surface area contributed by atoms with Crippen LogP contribution in [0.2, 0.25) is 0 Å². The van der Waals surface area contributed by atoms with E-state index in [1.807, 2.05) is 13.0 Å². The SMILES string of the molecule is Cc1ccc(C(=O)c2cccc(F)c2F)c(C)c1. The number of carbonyl (C=O) groups excluding carboxylic acids is 1. The number of aryl methyl sites for hydroxylation is 2. The van der Waals surface area contributed by atoms with E-state index >= 15 is 0 Å². The van der Waals surface area contributed by atoms with Gasteiger partial charge in [-0.2, -0.15) is 0 Å². The lowest BCUT2D eigenvalue weighted by atomic mass is 9.97. The van der Waals surface area contributed by atoms with Gasteiger partial charge < -0.3 is 0 Å². The third-order valence-electron chi connectivity index (χ3n) is 2.82. The summed E-state index contributed by atoms with van der Waals surface area (Å²) in [5, 5.41) is 0. The van der Waals surface area contributed by atoms with Gasteiger partial charge in [-0.15, -0.1) is 0 Å². The minimum Gasteiger partial charge on any atom is -0.288 e. The van der Waals surface area contributed by atoms with Crippen LogP contribution in [-0.2, 0) is 0 Å². The van der Waals surface area contributed by atoms with Crippen molar-refractivity contribution in [2.24, 2.45) is 0 Å². The van der Waals surface area contributed by atoms with E-state index in [1.54, 1.807) is 19.1 Å². The molecule has 2 aromatic rings. The molecular weight excluding hydrogens is 234 g/mol. The molecule has 0 fully saturated rings. The fourth-order valence-electron chi connectivity index (χ4n) is 1.89. The molecule has 0 aliphatic heterocycles. The highest BCUT2D eigenvalue weighted by Crippen LogP contribution is 2.19. The summed E-state index contributed by atoms with van der Waals surface area (Å²) in [5.41, 5.74) is 1.93. The first-order chi connectivity index (χ1) is 8.50. The molecule has 2 rings (SSSR count). The van der Waals surface area contributed by atoms with Crippen molar-refractivity contribution in [1.82, 2.24) is 0 Å². The predicted octanol–water partition coefficient (Wildman–Crippen LogP) is 3.81. The van der Waals surface area contributed by atoms with Gasteiger partial charge in [0, 0.05) is 5.56 Å². The zero-order valence-electron chi connectivity index (χ0n) is 10.1. The summed E-state index contributed by atoms with van der Waals surface area (Å²) in [5.74, 6) is -2.60. The van der Waals surface area contributed by atoms with Gasteiger partial charge in [-0.05, 0) is 31.5 Å². The van der Waals surface area contributed by atoms with Crippen LogP contribution < -0.4 is 0 Å². The summed E-state index contributed by atoms with van der Waals surface area (Å²) >= 11 is 0. The third-order valence-corrected chi connectivity index (χ3v) is 2.82. The Morgan fingerprint density at radius 1 is 1.00 bits per heavy atom. The summed E-state index contributed by atoms with van der Waals surface area (Å²) in [6.45, 7) is 3.68. The van der Waals surface area contributed by atoms with Crippen molar-refractivity contribution in [2.45, 2.75) is 13.8 Å². The Morgan fingerprint density at radius 2 is 1.72 bits per heavy atom. The average Bonchev–Trinajstić information content (AvgIpc) is 2.32. The van der Waals surface area contributed by atoms with Crippen molar-refractivity contribution >= 4 is 5.78 Å². The number of benzene rings is 2. The maximum absolute atomic E-state index is 13.6. The molecule has 0 amide bonds. The molecule has 0 unspecified atom stereocenters. The molecule has 0 spiro atoms. The Bertz CT molecular complexity index is 618. The van der Waals surface area contributed by atoms with Crippen LogP contribution >= 0.6 is 0 Å². The van der Waals surface area contributed by atoms with Gasteiger partial charge in [0.25, 0.3) is 0 Å². The van der Waals surface area contributed by atoms with Crippen molar-refractivity contribution in [2.75, 3.05) is 0 Å². The maximum Gasteiger partial charge on any atom is 0.196 e. The zero-order valence-corrected chi connectivity index (χ0v) is 10.1. The Morgan fingerprint density at radius 3 is 2.39 bits per heavy atom. The smallest absolute Gasteiger partial charge is 0.196 e. The van der Waals surface area contributed by atoms with Crippen LogP contribution in [0.1, 0.15) is 27.0 Å². The van der Waals surface area contributed by atoms with Crippen LogP contribution in [0.3, 0.4) is 0 Å². The van der Waals surface area contributed by atoms with E-state index in [0.717, 1.165) is 17.2 Å². The first-order valence-electron chi connectivity index (χ1n) is 5.56. The van der Waals surface area contributed by atoms with Crippen molar-refractivity contribution in [3.05, 3.63) is 70.3 Å². The van der Waals surface area contributed by atoms with Crippen LogP contribution in [0.5, 0.6) is 0 Å². The number of halogens is 2. The van der Waals surface area contributed by atoms with Gasteiger partial charge in [0.15, 0.2) is 17.4 Å². The first kappa shape index (κ1) is 12.4. The van der Waals surface area contributed by atoms with Gasteiger partial charge >= 0.3 is 0 Å². The highest BCUT2D eigenvalue weighted by Gasteiger charge is 2.18. The molecule has 0 bridgehead atoms. The van der Waals surface area contributed by atoms with Crippen molar-refractivity contribution in [1.29, 1.82) is 0 Å². The van der Waals surface area contributed by atoms with E-state index in [1.165, 1.54) is 12.1 Å². The van der Waals surface area contributed by atoms with Crippen LogP contribution in [0.25, 0.3) is 0 Å². The lowest BCUT2D eigenvalue weighted by Crippen LogP contribution is -2.07. The Labute approximate surface area is 104 Å². The highest BCUT2D eigenvalue weighted by atomic mass is 19.2. The molecule has 0 aliphatic carbocycles. The van der Waals surface area contributed by atoms with Gasteiger partial charge in [-0.3, -0.25) is 4.79 Å². The average molecular weight is 246 g/mol. The van der Waals surface area contributed by atoms with Crippen molar-refractivity contribution in [3.63, 3.8) is 0 Å². The molecule has 0 saturated heterocycles. The summed E-state index contributed by atoms with van der Waals surface area (Å²) < 4.78 is 26.6. The highest BCUT2D eigenvalue weighted by molar-refractivity contribution is 6.10. The van der Waals surface area contributed by atoms with Gasteiger partial charge in [0.05, 0.1) is 5.56 Å². The standard InChI is InChI=1S/C15H12F2O/c1-9-6-7-11(10(2)8-9)15(18)12-4-3-5-13(16)14(12)17/h3-8H,1-2H3. The van der Waals surface area contributed by atoms with Crippen LogP contribution in [0, 0.1) is 25.5 Å². The number of carbonyl (C=O) groups is 1.